The number of aliphatic hydroxyl groups excluding tert-OH is 1. The van der Waals surface area contributed by atoms with Crippen molar-refractivity contribution in [2.45, 2.75) is 44.6 Å². The first kappa shape index (κ1) is 26.5. The van der Waals surface area contributed by atoms with E-state index in [0.29, 0.717) is 24.0 Å². The number of hydrogen-bond acceptors (Lipinski definition) is 4. The first-order valence-electron chi connectivity index (χ1n) is 12.3. The maximum atomic E-state index is 15.0. The van der Waals surface area contributed by atoms with Gasteiger partial charge in [0, 0.05) is 11.6 Å². The predicted octanol–water partition coefficient (Wildman–Crippen LogP) is 7.21. The second kappa shape index (κ2) is 11.6. The summed E-state index contributed by atoms with van der Waals surface area (Å²) in [6.07, 6.45) is 4.06. The molecule has 0 heterocycles. The van der Waals surface area contributed by atoms with Crippen LogP contribution in [0.2, 0.25) is 0 Å². The zero-order chi connectivity index (χ0) is 26.5. The van der Waals surface area contributed by atoms with Gasteiger partial charge in [0.05, 0.1) is 11.7 Å². The Bertz CT molecular complexity index is 1260. The third-order valence-electron chi connectivity index (χ3n) is 6.91. The van der Waals surface area contributed by atoms with Crippen molar-refractivity contribution in [3.8, 4) is 22.6 Å². The predicted molar refractivity (Wildman–Crippen MR) is 135 cm³/mol. The average molecular weight is 511 g/mol. The van der Waals surface area contributed by atoms with Crippen LogP contribution in [0.25, 0.3) is 11.1 Å². The van der Waals surface area contributed by atoms with Crippen LogP contribution >= 0.6 is 0 Å². The lowest BCUT2D eigenvalue weighted by Gasteiger charge is -2.30. The number of halogens is 3. The van der Waals surface area contributed by atoms with Gasteiger partial charge < -0.3 is 14.6 Å². The van der Waals surface area contributed by atoms with E-state index in [4.69, 9.17) is 9.47 Å². The van der Waals surface area contributed by atoms with E-state index in [0.717, 1.165) is 18.9 Å². The monoisotopic (exact) mass is 510 g/mol. The van der Waals surface area contributed by atoms with Gasteiger partial charge in [0.15, 0.2) is 23.2 Å². The minimum Gasteiger partial charge on any atom is -0.486 e. The number of rotatable bonds is 8. The van der Waals surface area contributed by atoms with Crippen molar-refractivity contribution in [2.24, 2.45) is 5.92 Å². The summed E-state index contributed by atoms with van der Waals surface area (Å²) >= 11 is 0. The summed E-state index contributed by atoms with van der Waals surface area (Å²) in [4.78, 5) is 12.5. The lowest BCUT2D eigenvalue weighted by atomic mass is 9.76. The summed E-state index contributed by atoms with van der Waals surface area (Å²) < 4.78 is 54.6. The second-order valence-corrected chi connectivity index (χ2v) is 9.34. The third-order valence-corrected chi connectivity index (χ3v) is 6.91. The zero-order valence-corrected chi connectivity index (χ0v) is 20.6. The van der Waals surface area contributed by atoms with Gasteiger partial charge in [-0.15, -0.1) is 0 Å². The molecular weight excluding hydrogens is 481 g/mol. The average Bonchev–Trinajstić information content (AvgIpc) is 2.90. The fraction of sp³-hybridized carbons (Fsp3) is 0.300. The van der Waals surface area contributed by atoms with Crippen LogP contribution < -0.4 is 9.47 Å². The van der Waals surface area contributed by atoms with Crippen molar-refractivity contribution in [1.29, 1.82) is 0 Å². The number of hydrogen-bond donors (Lipinski definition) is 1. The molecule has 1 atom stereocenters. The van der Waals surface area contributed by atoms with Crippen LogP contribution in [0, 0.1) is 23.4 Å². The Hall–Kier alpha value is -3.58. The van der Waals surface area contributed by atoms with E-state index in [9.17, 15) is 14.3 Å². The van der Waals surface area contributed by atoms with Crippen molar-refractivity contribution >= 4 is 5.97 Å². The number of ether oxygens (including phenoxy) is 2. The van der Waals surface area contributed by atoms with Gasteiger partial charge in [-0.05, 0) is 79.8 Å². The molecule has 0 aliphatic heterocycles. The molecular formula is C30H29F3O4. The molecule has 1 saturated carbocycles. The third kappa shape index (κ3) is 6.05. The zero-order valence-electron chi connectivity index (χ0n) is 20.6. The highest BCUT2D eigenvalue weighted by molar-refractivity contribution is 5.91. The smallest absolute Gasteiger partial charge is 0.343 e. The van der Waals surface area contributed by atoms with E-state index in [-0.39, 0.29) is 41.1 Å². The van der Waals surface area contributed by atoms with Gasteiger partial charge >= 0.3 is 5.97 Å². The molecule has 0 saturated heterocycles. The van der Waals surface area contributed by atoms with Crippen molar-refractivity contribution in [3.05, 3.63) is 95.8 Å². The molecule has 0 radical (unpaired) electrons. The van der Waals surface area contributed by atoms with E-state index >= 15 is 8.78 Å². The van der Waals surface area contributed by atoms with E-state index in [1.807, 2.05) is 0 Å². The van der Waals surface area contributed by atoms with Crippen molar-refractivity contribution in [1.82, 2.24) is 0 Å². The summed E-state index contributed by atoms with van der Waals surface area (Å²) in [5.74, 6) is -3.06. The molecule has 1 N–H and O–H groups in total. The molecule has 4 nitrogen and oxygen atoms in total. The molecule has 1 fully saturated rings. The summed E-state index contributed by atoms with van der Waals surface area (Å²) in [6, 6.07) is 12.9. The van der Waals surface area contributed by atoms with Crippen LogP contribution in [0.3, 0.4) is 0 Å². The number of aliphatic hydroxyl groups is 1. The van der Waals surface area contributed by atoms with Gasteiger partial charge in [-0.25, -0.2) is 18.0 Å². The summed E-state index contributed by atoms with van der Waals surface area (Å²) in [5, 5.41) is 9.78. The molecule has 0 aromatic heterocycles. The molecule has 4 rings (SSSR count). The van der Waals surface area contributed by atoms with Gasteiger partial charge in [-0.1, -0.05) is 36.9 Å². The Morgan fingerprint density at radius 3 is 2.35 bits per heavy atom. The Morgan fingerprint density at radius 2 is 1.73 bits per heavy atom. The molecule has 3 aromatic rings. The molecule has 7 heteroatoms. The van der Waals surface area contributed by atoms with Crippen LogP contribution in [-0.2, 0) is 0 Å². The highest BCUT2D eigenvalue weighted by Crippen LogP contribution is 2.39. The highest BCUT2D eigenvalue weighted by atomic mass is 19.2. The summed E-state index contributed by atoms with van der Waals surface area (Å²) in [5.41, 5.74) is 1.03. The minimum absolute atomic E-state index is 0.00344. The molecule has 0 bridgehead atoms. The maximum absolute atomic E-state index is 15.0. The largest absolute Gasteiger partial charge is 0.486 e. The van der Waals surface area contributed by atoms with Crippen LogP contribution in [0.4, 0.5) is 13.2 Å². The first-order chi connectivity index (χ1) is 17.8. The molecule has 194 valence electrons. The van der Waals surface area contributed by atoms with E-state index in [2.05, 4.69) is 6.58 Å². The van der Waals surface area contributed by atoms with E-state index in [1.165, 1.54) is 42.5 Å². The first-order valence-corrected chi connectivity index (χ1v) is 12.3. The lowest BCUT2D eigenvalue weighted by molar-refractivity contribution is 0.0734. The molecule has 1 aliphatic rings. The number of carbonyl (C=O) groups is 1. The number of benzene rings is 3. The molecule has 1 unspecified atom stereocenters. The topological polar surface area (TPSA) is 55.8 Å². The van der Waals surface area contributed by atoms with Gasteiger partial charge in [-0.3, -0.25) is 0 Å². The fourth-order valence-electron chi connectivity index (χ4n) is 4.78. The molecule has 0 spiro atoms. The maximum Gasteiger partial charge on any atom is 0.343 e. The Kier molecular flexibility index (Phi) is 8.34. The highest BCUT2D eigenvalue weighted by Gasteiger charge is 2.28. The Balaban J connectivity index is 1.45. The number of carbonyl (C=O) groups excluding carboxylic acids is 1. The van der Waals surface area contributed by atoms with Gasteiger partial charge in [0.25, 0.3) is 0 Å². The minimum atomic E-state index is -0.931. The van der Waals surface area contributed by atoms with Crippen molar-refractivity contribution in [2.75, 3.05) is 6.61 Å². The van der Waals surface area contributed by atoms with Gasteiger partial charge in [-0.2, -0.15) is 0 Å². The lowest BCUT2D eigenvalue weighted by Crippen LogP contribution is -2.23. The normalized spacial score (nSPS) is 18.2. The van der Waals surface area contributed by atoms with Gasteiger partial charge in [0.1, 0.15) is 12.4 Å². The number of esters is 1. The van der Waals surface area contributed by atoms with Crippen LogP contribution in [-0.4, -0.2) is 23.8 Å². The second-order valence-electron chi connectivity index (χ2n) is 9.34. The van der Waals surface area contributed by atoms with Crippen molar-refractivity contribution in [3.63, 3.8) is 0 Å². The summed E-state index contributed by atoms with van der Waals surface area (Å²) in [7, 11) is 0. The van der Waals surface area contributed by atoms with Crippen LogP contribution in [0.5, 0.6) is 11.5 Å². The van der Waals surface area contributed by atoms with E-state index < -0.39 is 29.5 Å². The van der Waals surface area contributed by atoms with Gasteiger partial charge in [0.2, 0.25) is 0 Å². The van der Waals surface area contributed by atoms with Crippen molar-refractivity contribution < 1.29 is 32.5 Å². The SMILES string of the molecule is C=CCOc1ccc(OC(=O)c2ccc(-c3ccc(C4CCC(C(C)O)CC4)c(F)c3F)cc2)cc1F. The summed E-state index contributed by atoms with van der Waals surface area (Å²) in [6.45, 7) is 5.40. The quantitative estimate of drug-likeness (QED) is 0.198. The Labute approximate surface area is 214 Å². The molecule has 3 aromatic carbocycles. The fourth-order valence-corrected chi connectivity index (χ4v) is 4.78. The van der Waals surface area contributed by atoms with Crippen LogP contribution in [0.1, 0.15) is 54.4 Å². The molecule has 37 heavy (non-hydrogen) atoms. The Morgan fingerprint density at radius 1 is 1.03 bits per heavy atom. The molecule has 1 aliphatic carbocycles. The van der Waals surface area contributed by atoms with Crippen LogP contribution in [0.15, 0.2) is 67.3 Å². The molecule has 0 amide bonds. The van der Waals surface area contributed by atoms with E-state index in [1.54, 1.807) is 19.1 Å². The standard InChI is InChI=1S/C30H29F3O4/c1-3-16-36-27-15-12-23(17-26(27)31)37-30(35)22-10-8-21(9-11-22)25-14-13-24(28(32)29(25)33)20-6-4-19(5-7-20)18(2)34/h3,8-15,17-20,34H,1,4-7,16H2,2H3.